The molecule has 1 heterocycles. The molecule has 2 N–H and O–H groups in total. The van der Waals surface area contributed by atoms with Crippen LogP contribution in [0.4, 0.5) is 0 Å². The SMILES string of the molecule is CCc1ccc(CC(N)CSc2cccc(C)c2)s1. The second-order valence-corrected chi connectivity index (χ2v) is 7.16. The van der Waals surface area contributed by atoms with Gasteiger partial charge in [0.1, 0.15) is 0 Å². The minimum atomic E-state index is 0.230. The molecule has 0 saturated heterocycles. The van der Waals surface area contributed by atoms with Gasteiger partial charge in [0.05, 0.1) is 0 Å². The van der Waals surface area contributed by atoms with Crippen LogP contribution in [-0.4, -0.2) is 11.8 Å². The number of aryl methyl sites for hydroxylation is 2. The van der Waals surface area contributed by atoms with Gasteiger partial charge in [0.15, 0.2) is 0 Å². The third-order valence-electron chi connectivity index (χ3n) is 2.98. The van der Waals surface area contributed by atoms with E-state index in [2.05, 4.69) is 50.2 Å². The van der Waals surface area contributed by atoms with Crippen LogP contribution >= 0.6 is 23.1 Å². The van der Waals surface area contributed by atoms with E-state index in [1.54, 1.807) is 0 Å². The van der Waals surface area contributed by atoms with Gasteiger partial charge in [-0.05, 0) is 44.0 Å². The molecule has 2 rings (SSSR count). The molecule has 19 heavy (non-hydrogen) atoms. The summed E-state index contributed by atoms with van der Waals surface area (Å²) >= 11 is 3.75. The number of thiophene rings is 1. The Hall–Kier alpha value is -0.770. The fourth-order valence-corrected chi connectivity index (χ4v) is 3.97. The van der Waals surface area contributed by atoms with E-state index in [0.717, 1.165) is 18.6 Å². The quantitative estimate of drug-likeness (QED) is 0.804. The van der Waals surface area contributed by atoms with Crippen LogP contribution in [0.15, 0.2) is 41.3 Å². The molecule has 1 unspecified atom stereocenters. The van der Waals surface area contributed by atoms with Gasteiger partial charge in [0.2, 0.25) is 0 Å². The summed E-state index contributed by atoms with van der Waals surface area (Å²) in [7, 11) is 0. The Morgan fingerprint density at radius 2 is 2.00 bits per heavy atom. The fourth-order valence-electron chi connectivity index (χ4n) is 1.95. The lowest BCUT2D eigenvalue weighted by Gasteiger charge is -2.10. The summed E-state index contributed by atoms with van der Waals surface area (Å²) in [5.74, 6) is 0.975. The van der Waals surface area contributed by atoms with Crippen LogP contribution in [0.1, 0.15) is 22.2 Å². The van der Waals surface area contributed by atoms with E-state index in [4.69, 9.17) is 5.73 Å². The first-order valence-corrected chi connectivity index (χ1v) is 8.50. The molecule has 0 fully saturated rings. The summed E-state index contributed by atoms with van der Waals surface area (Å²) in [6, 6.07) is 13.3. The average Bonchev–Trinajstić information content (AvgIpc) is 2.84. The average molecular weight is 291 g/mol. The number of thioether (sulfide) groups is 1. The first-order chi connectivity index (χ1) is 9.17. The highest BCUT2D eigenvalue weighted by Gasteiger charge is 2.07. The van der Waals surface area contributed by atoms with Crippen LogP contribution in [-0.2, 0) is 12.8 Å². The molecular formula is C16H21NS2. The van der Waals surface area contributed by atoms with Crippen LogP contribution < -0.4 is 5.73 Å². The minimum Gasteiger partial charge on any atom is -0.327 e. The minimum absolute atomic E-state index is 0.230. The molecule has 2 aromatic rings. The maximum atomic E-state index is 6.23. The Kier molecular flexibility index (Phi) is 5.49. The van der Waals surface area contributed by atoms with Gasteiger partial charge < -0.3 is 5.73 Å². The second kappa shape index (κ2) is 7.13. The molecule has 0 aliphatic rings. The van der Waals surface area contributed by atoms with Crippen molar-refractivity contribution in [3.8, 4) is 0 Å². The molecule has 0 bridgehead atoms. The van der Waals surface area contributed by atoms with Gasteiger partial charge in [-0.15, -0.1) is 23.1 Å². The van der Waals surface area contributed by atoms with Gasteiger partial charge in [0, 0.05) is 26.4 Å². The van der Waals surface area contributed by atoms with Crippen molar-refractivity contribution in [1.29, 1.82) is 0 Å². The van der Waals surface area contributed by atoms with Crippen LogP contribution in [0.5, 0.6) is 0 Å². The van der Waals surface area contributed by atoms with Crippen LogP contribution in [0.2, 0.25) is 0 Å². The van der Waals surface area contributed by atoms with E-state index >= 15 is 0 Å². The van der Waals surface area contributed by atoms with Crippen molar-refractivity contribution >= 4 is 23.1 Å². The van der Waals surface area contributed by atoms with Crippen molar-refractivity contribution in [2.45, 2.75) is 37.6 Å². The van der Waals surface area contributed by atoms with Gasteiger partial charge in [-0.2, -0.15) is 0 Å². The largest absolute Gasteiger partial charge is 0.327 e. The number of hydrogen-bond acceptors (Lipinski definition) is 3. The topological polar surface area (TPSA) is 26.0 Å². The molecule has 0 radical (unpaired) electrons. The summed E-state index contributed by atoms with van der Waals surface area (Å²) in [5.41, 5.74) is 7.54. The highest BCUT2D eigenvalue weighted by atomic mass is 32.2. The Morgan fingerprint density at radius 1 is 1.21 bits per heavy atom. The lowest BCUT2D eigenvalue weighted by Crippen LogP contribution is -2.25. The zero-order valence-electron chi connectivity index (χ0n) is 11.6. The van der Waals surface area contributed by atoms with Gasteiger partial charge in [0.25, 0.3) is 0 Å². The van der Waals surface area contributed by atoms with Crippen molar-refractivity contribution in [3.63, 3.8) is 0 Å². The van der Waals surface area contributed by atoms with Gasteiger partial charge in [-0.3, -0.25) is 0 Å². The van der Waals surface area contributed by atoms with Crippen molar-refractivity contribution in [3.05, 3.63) is 51.7 Å². The number of nitrogens with two attached hydrogens (primary N) is 1. The molecule has 0 aliphatic carbocycles. The molecule has 1 nitrogen and oxygen atoms in total. The molecule has 0 aliphatic heterocycles. The van der Waals surface area contributed by atoms with Crippen molar-refractivity contribution in [2.75, 3.05) is 5.75 Å². The van der Waals surface area contributed by atoms with E-state index in [9.17, 15) is 0 Å². The summed E-state index contributed by atoms with van der Waals surface area (Å²) < 4.78 is 0. The van der Waals surface area contributed by atoms with Crippen LogP contribution in [0.25, 0.3) is 0 Å². The van der Waals surface area contributed by atoms with Crippen molar-refractivity contribution in [2.24, 2.45) is 5.73 Å². The number of benzene rings is 1. The van der Waals surface area contributed by atoms with E-state index in [1.807, 2.05) is 23.1 Å². The number of rotatable bonds is 6. The molecule has 0 amide bonds. The zero-order valence-corrected chi connectivity index (χ0v) is 13.2. The highest BCUT2D eigenvalue weighted by molar-refractivity contribution is 7.99. The van der Waals surface area contributed by atoms with Crippen LogP contribution in [0, 0.1) is 6.92 Å². The maximum absolute atomic E-state index is 6.23. The molecule has 1 aromatic carbocycles. The van der Waals surface area contributed by atoms with Crippen molar-refractivity contribution in [1.82, 2.24) is 0 Å². The van der Waals surface area contributed by atoms with E-state index in [-0.39, 0.29) is 6.04 Å². The molecule has 0 saturated carbocycles. The molecule has 3 heteroatoms. The van der Waals surface area contributed by atoms with E-state index < -0.39 is 0 Å². The third kappa shape index (κ3) is 4.68. The van der Waals surface area contributed by atoms with Crippen molar-refractivity contribution < 1.29 is 0 Å². The highest BCUT2D eigenvalue weighted by Crippen LogP contribution is 2.22. The molecule has 1 atom stereocenters. The molecule has 0 spiro atoms. The first kappa shape index (κ1) is 14.6. The summed E-state index contributed by atoms with van der Waals surface area (Å²) in [5, 5.41) is 0. The maximum Gasteiger partial charge on any atom is 0.0182 e. The predicted octanol–water partition coefficient (Wildman–Crippen LogP) is 4.28. The normalized spacial score (nSPS) is 12.6. The Bertz CT molecular complexity index is 519. The molecule has 102 valence electrons. The van der Waals surface area contributed by atoms with Gasteiger partial charge >= 0.3 is 0 Å². The lowest BCUT2D eigenvalue weighted by atomic mass is 10.2. The first-order valence-electron chi connectivity index (χ1n) is 6.70. The van der Waals surface area contributed by atoms with Gasteiger partial charge in [-0.25, -0.2) is 0 Å². The number of hydrogen-bond donors (Lipinski definition) is 1. The van der Waals surface area contributed by atoms with E-state index in [1.165, 1.54) is 20.2 Å². The lowest BCUT2D eigenvalue weighted by molar-refractivity contribution is 0.757. The van der Waals surface area contributed by atoms with Gasteiger partial charge in [-0.1, -0.05) is 24.6 Å². The molecule has 1 aromatic heterocycles. The Labute approximate surface area is 124 Å². The fraction of sp³-hybridized carbons (Fsp3) is 0.375. The second-order valence-electron chi connectivity index (χ2n) is 4.81. The predicted molar refractivity (Wildman–Crippen MR) is 87.3 cm³/mol. The zero-order chi connectivity index (χ0) is 13.7. The van der Waals surface area contributed by atoms with Crippen LogP contribution in [0.3, 0.4) is 0 Å². The summed E-state index contributed by atoms with van der Waals surface area (Å²) in [4.78, 5) is 4.18. The molecular weight excluding hydrogens is 270 g/mol. The summed E-state index contributed by atoms with van der Waals surface area (Å²) in [6.07, 6.45) is 2.11. The Balaban J connectivity index is 1.82. The van der Waals surface area contributed by atoms with E-state index in [0.29, 0.717) is 0 Å². The third-order valence-corrected chi connectivity index (χ3v) is 5.42. The summed E-state index contributed by atoms with van der Waals surface area (Å²) in [6.45, 7) is 4.32. The monoisotopic (exact) mass is 291 g/mol. The smallest absolute Gasteiger partial charge is 0.0182 e. The standard InChI is InChI=1S/C16H21NS2/c1-3-14-7-8-16(19-14)10-13(17)11-18-15-6-4-5-12(2)9-15/h4-9,13H,3,10-11,17H2,1-2H3. The Morgan fingerprint density at radius 3 is 2.68 bits per heavy atom.